The van der Waals surface area contributed by atoms with E-state index in [0.717, 1.165) is 0 Å². The third-order valence-electron chi connectivity index (χ3n) is 2.71. The number of hydrogen-bond donors (Lipinski definition) is 1. The fourth-order valence-corrected chi connectivity index (χ4v) is 2.18. The monoisotopic (exact) mass is 314 g/mol. The molecule has 0 aliphatic carbocycles. The molecule has 18 heavy (non-hydrogen) atoms. The average Bonchev–Trinajstić information content (AvgIpc) is 2.57. The van der Waals surface area contributed by atoms with Gasteiger partial charge in [0.25, 0.3) is 5.91 Å². The zero-order valence-corrected chi connectivity index (χ0v) is 11.4. The fourth-order valence-electron chi connectivity index (χ4n) is 1.78. The highest BCUT2D eigenvalue weighted by molar-refractivity contribution is 9.10. The number of hydrogen-bond acceptors (Lipinski definition) is 4. The van der Waals surface area contributed by atoms with Gasteiger partial charge in [0.05, 0.1) is 12.3 Å². The lowest BCUT2D eigenvalue weighted by Crippen LogP contribution is -2.46. The molecule has 0 saturated carbocycles. The number of fused-ring (bicyclic) bond motifs is 1. The van der Waals surface area contributed by atoms with E-state index in [1.807, 2.05) is 0 Å². The second kappa shape index (κ2) is 4.56. The van der Waals surface area contributed by atoms with Crippen LogP contribution in [0.1, 0.15) is 23.1 Å². The molecule has 2 rings (SSSR count). The summed E-state index contributed by atoms with van der Waals surface area (Å²) in [6.07, 6.45) is 0. The molecule has 0 saturated heterocycles. The van der Waals surface area contributed by atoms with Crippen LogP contribution in [-0.2, 0) is 14.3 Å². The lowest BCUT2D eigenvalue weighted by Gasteiger charge is -2.22. The number of Topliss-reactive ketones (excluding diaryl/α,β-unsaturated/α-hetero) is 1. The van der Waals surface area contributed by atoms with Gasteiger partial charge < -0.3 is 4.74 Å². The highest BCUT2D eigenvalue weighted by Crippen LogP contribution is 2.25. The minimum Gasteiger partial charge on any atom is -0.465 e. The average molecular weight is 315 g/mol. The summed E-state index contributed by atoms with van der Waals surface area (Å²) in [5, 5.41) is 0. The van der Waals surface area contributed by atoms with Crippen LogP contribution < -0.4 is 5.43 Å². The molecule has 96 valence electrons. The summed E-state index contributed by atoms with van der Waals surface area (Å²) < 4.78 is 6.79. The summed E-state index contributed by atoms with van der Waals surface area (Å²) in [6.45, 7) is 3.48. The number of aromatic nitrogens is 1. The van der Waals surface area contributed by atoms with Gasteiger partial charge in [-0.1, -0.05) is 0 Å². The Balaban J connectivity index is 2.42. The standard InChI is InChI=1S/C11H11BrN2O4/c1-3-18-11(17)8-9(15)7-4-6(12)5(2)14(7)13-10(8)16/h4,8H,3H2,1-2H3,(H,13,16). The number of esters is 1. The minimum absolute atomic E-state index is 0.125. The summed E-state index contributed by atoms with van der Waals surface area (Å²) in [5.41, 5.74) is 3.44. The number of halogens is 1. The Hall–Kier alpha value is -1.63. The van der Waals surface area contributed by atoms with Crippen molar-refractivity contribution in [1.29, 1.82) is 0 Å². The highest BCUT2D eigenvalue weighted by atomic mass is 79.9. The van der Waals surface area contributed by atoms with Crippen LogP contribution in [0.2, 0.25) is 0 Å². The maximum Gasteiger partial charge on any atom is 0.326 e. The van der Waals surface area contributed by atoms with Gasteiger partial charge in [0.2, 0.25) is 11.7 Å². The third kappa shape index (κ3) is 1.84. The van der Waals surface area contributed by atoms with Crippen molar-refractivity contribution < 1.29 is 19.1 Å². The van der Waals surface area contributed by atoms with Gasteiger partial charge in [-0.3, -0.25) is 24.5 Å². The number of rotatable bonds is 2. The Morgan fingerprint density at radius 1 is 1.56 bits per heavy atom. The molecule has 7 heteroatoms. The largest absolute Gasteiger partial charge is 0.465 e. The first kappa shape index (κ1) is 12.8. The third-order valence-corrected chi connectivity index (χ3v) is 3.51. The quantitative estimate of drug-likeness (QED) is 0.652. The molecule has 2 heterocycles. The Bertz CT molecular complexity index is 549. The molecule has 0 radical (unpaired) electrons. The van der Waals surface area contributed by atoms with Crippen molar-refractivity contribution in [1.82, 2.24) is 4.68 Å². The lowest BCUT2D eigenvalue weighted by molar-refractivity contribution is -0.149. The van der Waals surface area contributed by atoms with Gasteiger partial charge in [-0.2, -0.15) is 0 Å². The highest BCUT2D eigenvalue weighted by Gasteiger charge is 2.42. The molecule has 1 N–H and O–H groups in total. The van der Waals surface area contributed by atoms with Crippen molar-refractivity contribution in [2.75, 3.05) is 12.0 Å². The number of carbonyl (C=O) groups is 3. The molecule has 0 aromatic carbocycles. The smallest absolute Gasteiger partial charge is 0.326 e. The van der Waals surface area contributed by atoms with E-state index >= 15 is 0 Å². The molecule has 0 spiro atoms. The molecule has 6 nitrogen and oxygen atoms in total. The Labute approximate surface area is 111 Å². The Kier molecular flexibility index (Phi) is 3.25. The topological polar surface area (TPSA) is 77.4 Å². The van der Waals surface area contributed by atoms with Gasteiger partial charge in [-0.25, -0.2) is 0 Å². The van der Waals surface area contributed by atoms with Gasteiger partial charge in [-0.15, -0.1) is 0 Å². The number of amides is 1. The van der Waals surface area contributed by atoms with E-state index < -0.39 is 23.6 Å². The number of ketones is 1. The van der Waals surface area contributed by atoms with Crippen LogP contribution in [0, 0.1) is 12.8 Å². The van der Waals surface area contributed by atoms with Crippen molar-refractivity contribution in [3.8, 4) is 0 Å². The molecule has 1 atom stereocenters. The van der Waals surface area contributed by atoms with Crippen LogP contribution in [-0.4, -0.2) is 28.9 Å². The van der Waals surface area contributed by atoms with Crippen LogP contribution in [0.5, 0.6) is 0 Å². The second-order valence-electron chi connectivity index (χ2n) is 3.82. The molecular formula is C11H11BrN2O4. The van der Waals surface area contributed by atoms with Gasteiger partial charge in [-0.05, 0) is 35.8 Å². The fraction of sp³-hybridized carbons (Fsp3) is 0.364. The Morgan fingerprint density at radius 2 is 2.22 bits per heavy atom. The minimum atomic E-state index is -1.42. The molecule has 1 aromatic rings. The molecule has 1 unspecified atom stereocenters. The maximum atomic E-state index is 12.1. The van der Waals surface area contributed by atoms with Crippen LogP contribution in [0.15, 0.2) is 10.5 Å². The summed E-state index contributed by atoms with van der Waals surface area (Å²) in [4.78, 5) is 35.5. The van der Waals surface area contributed by atoms with Crippen molar-refractivity contribution in [3.05, 3.63) is 21.9 Å². The number of nitrogens with one attached hydrogen (secondary N) is 1. The van der Waals surface area contributed by atoms with Gasteiger partial charge in [0.15, 0.2) is 0 Å². The van der Waals surface area contributed by atoms with Crippen molar-refractivity contribution in [2.45, 2.75) is 13.8 Å². The predicted octanol–water partition coefficient (Wildman–Crippen LogP) is 1.00. The summed E-state index contributed by atoms with van der Waals surface area (Å²) in [6, 6.07) is 1.57. The maximum absolute atomic E-state index is 12.1. The summed E-state index contributed by atoms with van der Waals surface area (Å²) in [5.74, 6) is -3.46. The summed E-state index contributed by atoms with van der Waals surface area (Å²) in [7, 11) is 0. The van der Waals surface area contributed by atoms with Gasteiger partial charge in [0.1, 0.15) is 5.69 Å². The van der Waals surface area contributed by atoms with Crippen LogP contribution in [0.3, 0.4) is 0 Å². The van der Waals surface area contributed by atoms with E-state index in [4.69, 9.17) is 4.74 Å². The molecule has 1 aliphatic rings. The first-order valence-corrected chi connectivity index (χ1v) is 6.16. The van der Waals surface area contributed by atoms with E-state index in [1.54, 1.807) is 19.9 Å². The van der Waals surface area contributed by atoms with Crippen LogP contribution >= 0.6 is 15.9 Å². The second-order valence-corrected chi connectivity index (χ2v) is 4.68. The molecule has 1 aliphatic heterocycles. The van der Waals surface area contributed by atoms with E-state index in [1.165, 1.54) is 4.68 Å². The number of carbonyl (C=O) groups excluding carboxylic acids is 3. The Morgan fingerprint density at radius 3 is 2.83 bits per heavy atom. The first-order valence-electron chi connectivity index (χ1n) is 5.37. The van der Waals surface area contributed by atoms with Crippen molar-refractivity contribution >= 4 is 33.6 Å². The van der Waals surface area contributed by atoms with E-state index in [2.05, 4.69) is 21.4 Å². The van der Waals surface area contributed by atoms with Crippen molar-refractivity contribution in [2.24, 2.45) is 5.92 Å². The van der Waals surface area contributed by atoms with Gasteiger partial charge >= 0.3 is 5.97 Å². The van der Waals surface area contributed by atoms with Gasteiger partial charge in [0, 0.05) is 4.47 Å². The van der Waals surface area contributed by atoms with E-state index in [0.29, 0.717) is 10.2 Å². The zero-order chi connectivity index (χ0) is 13.4. The van der Waals surface area contributed by atoms with Crippen molar-refractivity contribution in [3.63, 3.8) is 0 Å². The number of nitrogens with zero attached hydrogens (tertiary/aromatic N) is 1. The zero-order valence-electron chi connectivity index (χ0n) is 9.82. The molecular weight excluding hydrogens is 304 g/mol. The molecule has 0 fully saturated rings. The normalized spacial score (nSPS) is 18.3. The molecule has 1 amide bonds. The molecule has 1 aromatic heterocycles. The molecule has 0 bridgehead atoms. The lowest BCUT2D eigenvalue weighted by atomic mass is 10.00. The van der Waals surface area contributed by atoms with Crippen LogP contribution in [0.25, 0.3) is 0 Å². The first-order chi connectivity index (χ1) is 8.47. The van der Waals surface area contributed by atoms with Crippen LogP contribution in [0.4, 0.5) is 0 Å². The predicted molar refractivity (Wildman–Crippen MR) is 65.7 cm³/mol. The SMILES string of the molecule is CCOC(=O)C1C(=O)Nn2c(cc(Br)c2C)C1=O. The van der Waals surface area contributed by atoms with E-state index in [-0.39, 0.29) is 12.3 Å². The van der Waals surface area contributed by atoms with E-state index in [9.17, 15) is 14.4 Å². The summed E-state index contributed by atoms with van der Waals surface area (Å²) >= 11 is 3.27. The number of ether oxygens (including phenoxy) is 1.